The van der Waals surface area contributed by atoms with Gasteiger partial charge in [0, 0.05) is 0 Å². The van der Waals surface area contributed by atoms with Crippen molar-refractivity contribution in [3.05, 3.63) is 0 Å². The smallest absolute Gasteiger partial charge is 0.0352 e. The topological polar surface area (TPSA) is 0 Å². The Hall–Kier alpha value is 0. The zero-order valence-corrected chi connectivity index (χ0v) is 7.42. The third-order valence-corrected chi connectivity index (χ3v) is 4.54. The molecule has 0 aliphatic heterocycles. The Labute approximate surface area is 69.4 Å². The first-order chi connectivity index (χ1) is 5.36. The van der Waals surface area contributed by atoms with Gasteiger partial charge in [0.15, 0.2) is 0 Å². The van der Waals surface area contributed by atoms with Crippen LogP contribution in [0, 0.1) is 29.6 Å². The standard InChI is InChI=1S/C11H18/c1-7-6-11(8-2-3-8)10-5-4-9(7)10/h7-11H,2-6H2,1H3. The van der Waals surface area contributed by atoms with Gasteiger partial charge < -0.3 is 0 Å². The number of fused-ring (bicyclic) bond motifs is 1. The Kier molecular flexibility index (Phi) is 1.20. The Morgan fingerprint density at radius 2 is 1.55 bits per heavy atom. The van der Waals surface area contributed by atoms with Crippen LogP contribution in [0.4, 0.5) is 0 Å². The van der Waals surface area contributed by atoms with E-state index in [0.29, 0.717) is 0 Å². The van der Waals surface area contributed by atoms with Crippen LogP contribution in [0.25, 0.3) is 0 Å². The number of rotatable bonds is 1. The summed E-state index contributed by atoms with van der Waals surface area (Å²) in [7, 11) is 0. The second-order valence-corrected chi connectivity index (χ2v) is 5.12. The third-order valence-electron chi connectivity index (χ3n) is 4.54. The van der Waals surface area contributed by atoms with Crippen LogP contribution in [-0.4, -0.2) is 0 Å². The van der Waals surface area contributed by atoms with E-state index in [-0.39, 0.29) is 0 Å². The van der Waals surface area contributed by atoms with Gasteiger partial charge in [-0.1, -0.05) is 6.92 Å². The summed E-state index contributed by atoms with van der Waals surface area (Å²) >= 11 is 0. The fourth-order valence-electron chi connectivity index (χ4n) is 3.63. The largest absolute Gasteiger partial charge is 0.0622 e. The van der Waals surface area contributed by atoms with E-state index in [4.69, 9.17) is 0 Å². The highest BCUT2D eigenvalue weighted by Gasteiger charge is 2.50. The number of hydrogen-bond acceptors (Lipinski definition) is 0. The van der Waals surface area contributed by atoms with Gasteiger partial charge in [-0.2, -0.15) is 0 Å². The van der Waals surface area contributed by atoms with Crippen molar-refractivity contribution < 1.29 is 0 Å². The lowest BCUT2D eigenvalue weighted by molar-refractivity contribution is 0.139. The summed E-state index contributed by atoms with van der Waals surface area (Å²) in [5.74, 6) is 5.81. The fraction of sp³-hybridized carbons (Fsp3) is 1.00. The lowest BCUT2D eigenvalue weighted by Gasteiger charge is -2.35. The van der Waals surface area contributed by atoms with Crippen LogP contribution >= 0.6 is 0 Å². The van der Waals surface area contributed by atoms with E-state index in [1.165, 1.54) is 23.7 Å². The fourth-order valence-corrected chi connectivity index (χ4v) is 3.63. The molecule has 0 radical (unpaired) electrons. The second kappa shape index (κ2) is 2.02. The van der Waals surface area contributed by atoms with Crippen molar-refractivity contribution in [3.63, 3.8) is 0 Å². The molecule has 0 heteroatoms. The van der Waals surface area contributed by atoms with Gasteiger partial charge >= 0.3 is 0 Å². The van der Waals surface area contributed by atoms with Gasteiger partial charge in [0.25, 0.3) is 0 Å². The van der Waals surface area contributed by atoms with Crippen molar-refractivity contribution in [3.8, 4) is 0 Å². The Bertz CT molecular complexity index is 169. The molecule has 62 valence electrons. The molecule has 0 spiro atoms. The van der Waals surface area contributed by atoms with Crippen LogP contribution in [0.3, 0.4) is 0 Å². The minimum atomic E-state index is 1.08. The molecule has 0 bridgehead atoms. The molecule has 3 rings (SSSR count). The van der Waals surface area contributed by atoms with Crippen molar-refractivity contribution in [2.45, 2.75) is 39.0 Å². The monoisotopic (exact) mass is 150 g/mol. The van der Waals surface area contributed by atoms with Gasteiger partial charge in [-0.15, -0.1) is 0 Å². The highest BCUT2D eigenvalue weighted by atomic mass is 14.6. The van der Waals surface area contributed by atoms with Crippen LogP contribution in [0.15, 0.2) is 0 Å². The Morgan fingerprint density at radius 3 is 2.00 bits per heavy atom. The maximum Gasteiger partial charge on any atom is -0.0352 e. The molecular formula is C11H18. The van der Waals surface area contributed by atoms with Crippen molar-refractivity contribution >= 4 is 0 Å². The van der Waals surface area contributed by atoms with E-state index in [2.05, 4.69) is 6.92 Å². The summed E-state index contributed by atoms with van der Waals surface area (Å²) in [6, 6.07) is 0. The third kappa shape index (κ3) is 0.816. The van der Waals surface area contributed by atoms with Crippen molar-refractivity contribution in [2.24, 2.45) is 29.6 Å². The minimum absolute atomic E-state index is 1.08. The van der Waals surface area contributed by atoms with E-state index in [0.717, 1.165) is 5.92 Å². The summed E-state index contributed by atoms with van der Waals surface area (Å²) < 4.78 is 0. The van der Waals surface area contributed by atoms with E-state index in [1.807, 2.05) is 0 Å². The molecule has 4 unspecified atom stereocenters. The first kappa shape index (κ1) is 6.51. The second-order valence-electron chi connectivity index (χ2n) is 5.12. The molecule has 0 nitrogen and oxygen atoms in total. The van der Waals surface area contributed by atoms with Gasteiger partial charge in [0.2, 0.25) is 0 Å². The Morgan fingerprint density at radius 1 is 0.818 bits per heavy atom. The quantitative estimate of drug-likeness (QED) is 0.539. The minimum Gasteiger partial charge on any atom is -0.0622 e. The molecule has 11 heavy (non-hydrogen) atoms. The van der Waals surface area contributed by atoms with Gasteiger partial charge in [-0.25, -0.2) is 0 Å². The molecule has 3 aliphatic carbocycles. The highest BCUT2D eigenvalue weighted by Crippen LogP contribution is 2.59. The SMILES string of the molecule is CC1CC(C2CC2)C2CCC12. The van der Waals surface area contributed by atoms with Crippen molar-refractivity contribution in [1.82, 2.24) is 0 Å². The summed E-state index contributed by atoms with van der Waals surface area (Å²) in [6.07, 6.45) is 7.87. The molecular weight excluding hydrogens is 132 g/mol. The van der Waals surface area contributed by atoms with E-state index in [9.17, 15) is 0 Å². The molecule has 0 aromatic heterocycles. The van der Waals surface area contributed by atoms with Gasteiger partial charge in [0.1, 0.15) is 0 Å². The van der Waals surface area contributed by atoms with Crippen molar-refractivity contribution in [1.29, 1.82) is 0 Å². The van der Waals surface area contributed by atoms with E-state index < -0.39 is 0 Å². The summed E-state index contributed by atoms with van der Waals surface area (Å²) in [6.45, 7) is 2.49. The van der Waals surface area contributed by atoms with Crippen LogP contribution in [0.2, 0.25) is 0 Å². The zero-order valence-electron chi connectivity index (χ0n) is 7.42. The molecule has 0 aromatic rings. The molecule has 0 N–H and O–H groups in total. The molecule has 3 saturated carbocycles. The van der Waals surface area contributed by atoms with Gasteiger partial charge in [-0.3, -0.25) is 0 Å². The average Bonchev–Trinajstić information content (AvgIpc) is 2.60. The predicted molar refractivity (Wildman–Crippen MR) is 46.2 cm³/mol. The lowest BCUT2D eigenvalue weighted by Crippen LogP contribution is -2.27. The average molecular weight is 150 g/mol. The molecule has 3 aliphatic rings. The Balaban J connectivity index is 1.76. The van der Waals surface area contributed by atoms with Crippen LogP contribution < -0.4 is 0 Å². The molecule has 0 amide bonds. The molecule has 0 aromatic carbocycles. The number of hydrogen-bond donors (Lipinski definition) is 0. The first-order valence-corrected chi connectivity index (χ1v) is 5.36. The van der Waals surface area contributed by atoms with E-state index >= 15 is 0 Å². The molecule has 0 heterocycles. The normalized spacial score (nSPS) is 55.4. The van der Waals surface area contributed by atoms with Crippen LogP contribution in [0.1, 0.15) is 39.0 Å². The summed E-state index contributed by atoms with van der Waals surface area (Å²) in [5, 5.41) is 0. The predicted octanol–water partition coefficient (Wildman–Crippen LogP) is 3.08. The lowest BCUT2D eigenvalue weighted by atomic mass is 9.70. The molecule has 4 atom stereocenters. The summed E-state index contributed by atoms with van der Waals surface area (Å²) in [5.41, 5.74) is 0. The molecule has 3 fully saturated rings. The van der Waals surface area contributed by atoms with Crippen LogP contribution in [0.5, 0.6) is 0 Å². The van der Waals surface area contributed by atoms with Gasteiger partial charge in [0.05, 0.1) is 0 Å². The van der Waals surface area contributed by atoms with E-state index in [1.54, 1.807) is 32.1 Å². The zero-order chi connectivity index (χ0) is 7.42. The first-order valence-electron chi connectivity index (χ1n) is 5.36. The highest BCUT2D eigenvalue weighted by molar-refractivity contribution is 5.00. The van der Waals surface area contributed by atoms with Gasteiger partial charge in [-0.05, 0) is 61.7 Å². The van der Waals surface area contributed by atoms with Crippen molar-refractivity contribution in [2.75, 3.05) is 0 Å². The maximum atomic E-state index is 2.49. The molecule has 0 saturated heterocycles. The van der Waals surface area contributed by atoms with Crippen LogP contribution in [-0.2, 0) is 0 Å². The maximum absolute atomic E-state index is 2.49. The summed E-state index contributed by atoms with van der Waals surface area (Å²) in [4.78, 5) is 0.